The summed E-state index contributed by atoms with van der Waals surface area (Å²) < 4.78 is 30.9. The smallest absolute Gasteiger partial charge is 0.192 e. The van der Waals surface area contributed by atoms with Crippen molar-refractivity contribution < 1.29 is 13.5 Å². The molecule has 0 aliphatic heterocycles. The normalized spacial score (nSPS) is 11.5. The van der Waals surface area contributed by atoms with Crippen molar-refractivity contribution >= 4 is 12.6 Å². The van der Waals surface area contributed by atoms with E-state index in [1.54, 1.807) is 13.8 Å². The van der Waals surface area contributed by atoms with Crippen LogP contribution in [0.3, 0.4) is 0 Å². The molecule has 0 aromatic heterocycles. The van der Waals surface area contributed by atoms with Crippen LogP contribution in [0.4, 0.5) is 8.78 Å². The molecule has 1 nitrogen and oxygen atoms in total. The maximum atomic E-state index is 13.0. The molecule has 0 saturated heterocycles. The minimum Gasteiger partial charge on any atom is -0.471 e. The Labute approximate surface area is 81.1 Å². The summed E-state index contributed by atoms with van der Waals surface area (Å²) in [7, 11) is 0. The van der Waals surface area contributed by atoms with E-state index in [4.69, 9.17) is 4.74 Å². The van der Waals surface area contributed by atoms with Crippen LogP contribution in [0.25, 0.3) is 0 Å². The van der Waals surface area contributed by atoms with E-state index in [1.165, 1.54) is 6.07 Å². The van der Waals surface area contributed by atoms with Gasteiger partial charge in [0.05, 0.1) is 0 Å². The number of thiol groups is 1. The van der Waals surface area contributed by atoms with Crippen LogP contribution >= 0.6 is 12.6 Å². The van der Waals surface area contributed by atoms with Gasteiger partial charge >= 0.3 is 0 Å². The molecule has 0 saturated carbocycles. The summed E-state index contributed by atoms with van der Waals surface area (Å²) in [6, 6.07) is 3.55. The summed E-state index contributed by atoms with van der Waals surface area (Å²) in [6.07, 6.45) is 0. The molecule has 0 heterocycles. The van der Waals surface area contributed by atoms with Crippen LogP contribution in [-0.4, -0.2) is 4.93 Å². The van der Waals surface area contributed by atoms with E-state index in [0.717, 1.165) is 12.1 Å². The number of benzene rings is 1. The van der Waals surface area contributed by atoms with Crippen LogP contribution in [0.2, 0.25) is 0 Å². The molecule has 0 radical (unpaired) electrons. The molecular weight excluding hydrogens is 194 g/mol. The largest absolute Gasteiger partial charge is 0.471 e. The topological polar surface area (TPSA) is 9.23 Å². The van der Waals surface area contributed by atoms with Crippen molar-refractivity contribution in [2.45, 2.75) is 18.8 Å². The van der Waals surface area contributed by atoms with Crippen molar-refractivity contribution in [2.24, 2.45) is 0 Å². The fourth-order valence-corrected chi connectivity index (χ4v) is 0.921. The van der Waals surface area contributed by atoms with Gasteiger partial charge in [0.25, 0.3) is 0 Å². The van der Waals surface area contributed by atoms with Crippen LogP contribution < -0.4 is 4.74 Å². The average Bonchev–Trinajstić information content (AvgIpc) is 1.95. The lowest BCUT2D eigenvalue weighted by molar-refractivity contribution is 0.190. The van der Waals surface area contributed by atoms with Gasteiger partial charge in [0.15, 0.2) is 17.4 Å². The number of hydrogen-bond acceptors (Lipinski definition) is 2. The molecule has 0 atom stereocenters. The van der Waals surface area contributed by atoms with E-state index >= 15 is 0 Å². The van der Waals surface area contributed by atoms with Crippen LogP contribution in [0, 0.1) is 11.6 Å². The van der Waals surface area contributed by atoms with Crippen LogP contribution in [-0.2, 0) is 0 Å². The third kappa shape index (κ3) is 2.88. The first-order valence-electron chi connectivity index (χ1n) is 3.75. The Balaban J connectivity index is 3.00. The summed E-state index contributed by atoms with van der Waals surface area (Å²) in [5, 5.41) is 0. The van der Waals surface area contributed by atoms with Crippen LogP contribution in [0.1, 0.15) is 13.8 Å². The van der Waals surface area contributed by atoms with Crippen molar-refractivity contribution in [3.63, 3.8) is 0 Å². The lowest BCUT2D eigenvalue weighted by Gasteiger charge is -2.20. The first-order chi connectivity index (χ1) is 5.90. The molecule has 0 aliphatic carbocycles. The predicted octanol–water partition coefficient (Wildman–Crippen LogP) is 3.01. The molecule has 0 aliphatic rings. The van der Waals surface area contributed by atoms with E-state index < -0.39 is 16.6 Å². The number of para-hydroxylation sites is 1. The predicted molar refractivity (Wildman–Crippen MR) is 50.1 cm³/mol. The average molecular weight is 204 g/mol. The number of hydrogen-bond donors (Lipinski definition) is 1. The van der Waals surface area contributed by atoms with E-state index in [1.807, 2.05) is 0 Å². The third-order valence-electron chi connectivity index (χ3n) is 1.27. The van der Waals surface area contributed by atoms with E-state index in [0.29, 0.717) is 0 Å². The minimum absolute atomic E-state index is 0.387. The van der Waals surface area contributed by atoms with Gasteiger partial charge in [0.2, 0.25) is 0 Å². The number of rotatable bonds is 2. The molecule has 72 valence electrons. The van der Waals surface area contributed by atoms with E-state index in [9.17, 15) is 8.78 Å². The second kappa shape index (κ2) is 3.54. The van der Waals surface area contributed by atoms with Crippen molar-refractivity contribution in [1.82, 2.24) is 0 Å². The maximum absolute atomic E-state index is 13.0. The van der Waals surface area contributed by atoms with Crippen LogP contribution in [0.5, 0.6) is 5.75 Å². The SMILES string of the molecule is CC(C)(S)Oc1c(F)cccc1F. The first-order valence-corrected chi connectivity index (χ1v) is 4.20. The lowest BCUT2D eigenvalue weighted by Crippen LogP contribution is -2.21. The summed E-state index contributed by atoms with van der Waals surface area (Å²) >= 11 is 4.01. The van der Waals surface area contributed by atoms with Gasteiger partial charge in [-0.3, -0.25) is 0 Å². The fraction of sp³-hybridized carbons (Fsp3) is 0.333. The summed E-state index contributed by atoms with van der Waals surface area (Å²) in [4.78, 5) is -0.900. The van der Waals surface area contributed by atoms with Crippen molar-refractivity contribution in [3.05, 3.63) is 29.8 Å². The number of ether oxygens (including phenoxy) is 1. The Morgan fingerprint density at radius 2 is 1.69 bits per heavy atom. The van der Waals surface area contributed by atoms with Gasteiger partial charge in [-0.2, -0.15) is 0 Å². The summed E-state index contributed by atoms with van der Waals surface area (Å²) in [6.45, 7) is 3.20. The molecule has 0 N–H and O–H groups in total. The molecule has 0 spiro atoms. The zero-order chi connectivity index (χ0) is 10.1. The second-order valence-electron chi connectivity index (χ2n) is 3.10. The molecule has 0 unspecified atom stereocenters. The van der Waals surface area contributed by atoms with Gasteiger partial charge in [-0.05, 0) is 26.0 Å². The Morgan fingerprint density at radius 3 is 2.08 bits per heavy atom. The van der Waals surface area contributed by atoms with Gasteiger partial charge in [-0.15, -0.1) is 12.6 Å². The second-order valence-corrected chi connectivity index (χ2v) is 4.18. The molecule has 0 bridgehead atoms. The molecule has 1 aromatic carbocycles. The van der Waals surface area contributed by atoms with Crippen molar-refractivity contribution in [1.29, 1.82) is 0 Å². The number of halogens is 2. The van der Waals surface area contributed by atoms with Gasteiger partial charge in [-0.25, -0.2) is 8.78 Å². The van der Waals surface area contributed by atoms with E-state index in [-0.39, 0.29) is 5.75 Å². The zero-order valence-corrected chi connectivity index (χ0v) is 8.24. The Bertz CT molecular complexity index is 287. The highest BCUT2D eigenvalue weighted by Crippen LogP contribution is 2.26. The molecule has 1 aromatic rings. The Hall–Kier alpha value is -0.770. The summed E-state index contributed by atoms with van der Waals surface area (Å²) in [5.74, 6) is -1.83. The molecule has 1 rings (SSSR count). The minimum atomic E-state index is -0.900. The van der Waals surface area contributed by atoms with Crippen molar-refractivity contribution in [2.75, 3.05) is 0 Å². The van der Waals surface area contributed by atoms with Gasteiger partial charge < -0.3 is 4.74 Å². The maximum Gasteiger partial charge on any atom is 0.192 e. The molecule has 0 fully saturated rings. The summed E-state index contributed by atoms with van der Waals surface area (Å²) in [5.41, 5.74) is 0. The molecule has 13 heavy (non-hydrogen) atoms. The third-order valence-corrected chi connectivity index (χ3v) is 1.36. The highest BCUT2D eigenvalue weighted by atomic mass is 32.1. The lowest BCUT2D eigenvalue weighted by atomic mass is 10.3. The highest BCUT2D eigenvalue weighted by Gasteiger charge is 2.18. The van der Waals surface area contributed by atoms with Gasteiger partial charge in [0, 0.05) is 0 Å². The fourth-order valence-electron chi connectivity index (χ4n) is 0.830. The van der Waals surface area contributed by atoms with Crippen molar-refractivity contribution in [3.8, 4) is 5.75 Å². The molecule has 4 heteroatoms. The Morgan fingerprint density at radius 1 is 1.23 bits per heavy atom. The van der Waals surface area contributed by atoms with Crippen LogP contribution in [0.15, 0.2) is 18.2 Å². The van der Waals surface area contributed by atoms with E-state index in [2.05, 4.69) is 12.6 Å². The molecule has 0 amide bonds. The van der Waals surface area contributed by atoms with Gasteiger partial charge in [0.1, 0.15) is 4.93 Å². The molecular formula is C9H10F2OS. The zero-order valence-electron chi connectivity index (χ0n) is 7.34. The highest BCUT2D eigenvalue weighted by molar-refractivity contribution is 7.81. The first kappa shape index (κ1) is 10.3. The standard InChI is InChI=1S/C9H10F2OS/c1-9(2,13)12-8-6(10)4-3-5-7(8)11/h3-5,13H,1-2H3. The van der Waals surface area contributed by atoms with Gasteiger partial charge in [-0.1, -0.05) is 6.07 Å². The quantitative estimate of drug-likeness (QED) is 0.575. The monoisotopic (exact) mass is 204 g/mol. The Kier molecular flexibility index (Phi) is 2.81.